The quantitative estimate of drug-likeness (QED) is 0.0477. The van der Waals surface area contributed by atoms with Crippen LogP contribution in [0.4, 0.5) is 18.0 Å². The number of esters is 1. The summed E-state index contributed by atoms with van der Waals surface area (Å²) in [5.41, 5.74) is 4.18. The average Bonchev–Trinajstić information content (AvgIpc) is 1.20. The molecule has 12 rings (SSSR count). The van der Waals surface area contributed by atoms with E-state index in [2.05, 4.69) is 10.2 Å². The average molecular weight is 1280 g/mol. The zero-order valence-corrected chi connectivity index (χ0v) is 52.9. The van der Waals surface area contributed by atoms with E-state index in [-0.39, 0.29) is 74.3 Å². The second-order valence-corrected chi connectivity index (χ2v) is 25.2. The molecule has 94 heavy (non-hydrogen) atoms. The number of nitrogens with one attached hydrogen (secondary N) is 1. The van der Waals surface area contributed by atoms with Crippen molar-refractivity contribution in [3.63, 3.8) is 0 Å². The summed E-state index contributed by atoms with van der Waals surface area (Å²) in [6, 6.07) is 49.2. The van der Waals surface area contributed by atoms with E-state index in [4.69, 9.17) is 14.2 Å². The first-order valence-electron chi connectivity index (χ1n) is 32.8. The summed E-state index contributed by atoms with van der Waals surface area (Å²) in [5, 5.41) is 2.78. The molecule has 5 saturated heterocycles. The molecule has 6 fully saturated rings. The smallest absolute Gasteiger partial charge is 0.416 e. The maximum absolute atomic E-state index is 14.5. The Morgan fingerprint density at radius 1 is 0.660 bits per heavy atom. The molecule has 1 aliphatic carbocycles. The van der Waals surface area contributed by atoms with Gasteiger partial charge in [-0.15, -0.1) is 0 Å². The first-order valence-corrected chi connectivity index (χ1v) is 32.8. The van der Waals surface area contributed by atoms with Crippen LogP contribution in [-0.4, -0.2) is 148 Å². The third-order valence-electron chi connectivity index (χ3n) is 19.4. The molecule has 0 aromatic heterocycles. The lowest BCUT2D eigenvalue weighted by Crippen LogP contribution is -2.74. The number of aryl methyl sites for hydroxylation is 1. The lowest BCUT2D eigenvalue weighted by atomic mass is 9.70. The van der Waals surface area contributed by atoms with Gasteiger partial charge >= 0.3 is 18.2 Å². The SMILES string of the molecule is CC(=O)[C@@H](COCc1ccccc1)N1C(=O)[C@@H](C2C(=O)OC[C@@H]2c2ccccc2)[C@H]1/C=C/c1ccccc1.O=C(NCc1cccc(C(F)(F)F)c1)[C@H](CCC(=O)N1CCN(C2CCCCC2)CC1)N1C(=O)[C@@H](N2C(=O)OC[C@@H]2c2ccccc2)[C@H]1CCc1ccccc1. The van der Waals surface area contributed by atoms with Crippen LogP contribution in [0, 0.1) is 11.8 Å². The van der Waals surface area contributed by atoms with Gasteiger partial charge in [0.05, 0.1) is 55.3 Å². The van der Waals surface area contributed by atoms with Crippen molar-refractivity contribution in [3.05, 3.63) is 221 Å². The number of piperazine rings is 1. The van der Waals surface area contributed by atoms with E-state index in [9.17, 15) is 46.7 Å². The molecule has 16 nitrogen and oxygen atoms in total. The van der Waals surface area contributed by atoms with E-state index >= 15 is 0 Å². The predicted molar refractivity (Wildman–Crippen MR) is 347 cm³/mol. The molecule has 0 bridgehead atoms. The molecule has 1 N–H and O–H groups in total. The molecule has 5 aliphatic heterocycles. The zero-order valence-electron chi connectivity index (χ0n) is 52.9. The highest BCUT2D eigenvalue weighted by molar-refractivity contribution is 5.98. The highest BCUT2D eigenvalue weighted by Crippen LogP contribution is 2.46. The largest absolute Gasteiger partial charge is 0.465 e. The number of likely N-dealkylation sites (tertiary alicyclic amines) is 2. The fourth-order valence-electron chi connectivity index (χ4n) is 14.4. The van der Waals surface area contributed by atoms with Gasteiger partial charge in [-0.3, -0.25) is 38.6 Å². The molecule has 0 spiro atoms. The van der Waals surface area contributed by atoms with Crippen LogP contribution in [0.15, 0.2) is 182 Å². The Bertz CT molecular complexity index is 3590. The zero-order chi connectivity index (χ0) is 65.7. The number of ether oxygens (including phenoxy) is 3. The highest BCUT2D eigenvalue weighted by Gasteiger charge is 2.60. The number of carbonyl (C=O) groups is 7. The number of ketones is 1. The monoisotopic (exact) mass is 1280 g/mol. The van der Waals surface area contributed by atoms with Crippen molar-refractivity contribution in [1.29, 1.82) is 0 Å². The van der Waals surface area contributed by atoms with Gasteiger partial charge in [-0.1, -0.05) is 195 Å². The molecule has 5 heterocycles. The van der Waals surface area contributed by atoms with Crippen LogP contribution in [0.1, 0.15) is 109 Å². The number of nitrogens with zero attached hydrogens (tertiary/aromatic N) is 5. The van der Waals surface area contributed by atoms with E-state index < -0.39 is 77.7 Å². The van der Waals surface area contributed by atoms with Crippen molar-refractivity contribution < 1.29 is 60.9 Å². The topological polar surface area (TPSA) is 175 Å². The van der Waals surface area contributed by atoms with Gasteiger partial charge in [-0.05, 0) is 84.5 Å². The predicted octanol–water partition coefficient (Wildman–Crippen LogP) is 11.0. The standard InChI is InChI=1S/C43H50F3N5O5.C32H31NO5/c44-43(45,46)33-16-10-13-31(27-33)28-47-40(53)36(21-22-38(52)49-25-23-48(24-26-49)34-17-8-3-9-18-34)50-35(20-19-30-11-4-1-5-12-30)39(41(50)54)51-37(29-56-42(51)55)32-14-6-2-7-15-32;1-22(34)28(21-37-19-24-13-7-3-8-14-24)33-27(18-17-23-11-5-2-6-12-23)30(31(33)35)29-26(20-38-32(29)36)25-15-9-4-10-16-25/h1-2,4-7,10-16,27,34-37,39H,3,8-9,17-26,28-29H2,(H,47,53);2-18,26-30H,19-21H2,1H3/b;18-17+/t35-,36+,37-,39+;26-,27-,28-,29?,30-/m11/s1. The molecule has 0 radical (unpaired) electrons. The minimum atomic E-state index is -4.55. The molecule has 19 heteroatoms. The van der Waals surface area contributed by atoms with Gasteiger partial charge in [0, 0.05) is 51.1 Å². The molecule has 9 atom stereocenters. The first kappa shape index (κ1) is 66.5. The van der Waals surface area contributed by atoms with Gasteiger partial charge < -0.3 is 34.2 Å². The molecular formula is C75H81F3N6O10. The summed E-state index contributed by atoms with van der Waals surface area (Å²) >= 11 is 0. The molecule has 1 saturated carbocycles. The number of halogens is 3. The van der Waals surface area contributed by atoms with Gasteiger partial charge in [0.15, 0.2) is 5.78 Å². The number of alkyl halides is 3. The summed E-state index contributed by atoms with van der Waals surface area (Å²) in [6.07, 6.45) is 5.79. The molecular weight excluding hydrogens is 1200 g/mol. The number of hydrogen-bond donors (Lipinski definition) is 1. The normalized spacial score (nSPS) is 23.2. The number of amides is 5. The van der Waals surface area contributed by atoms with Crippen LogP contribution in [0.2, 0.25) is 0 Å². The van der Waals surface area contributed by atoms with Crippen LogP contribution in [0.25, 0.3) is 6.08 Å². The molecule has 492 valence electrons. The maximum Gasteiger partial charge on any atom is 0.416 e. The Morgan fingerprint density at radius 2 is 1.28 bits per heavy atom. The third kappa shape index (κ3) is 15.6. The van der Waals surface area contributed by atoms with Gasteiger partial charge in [-0.2, -0.15) is 13.2 Å². The van der Waals surface area contributed by atoms with Crippen molar-refractivity contribution >= 4 is 47.6 Å². The highest BCUT2D eigenvalue weighted by atomic mass is 19.4. The van der Waals surface area contributed by atoms with Crippen molar-refractivity contribution in [2.45, 2.75) is 132 Å². The van der Waals surface area contributed by atoms with Gasteiger partial charge in [0.1, 0.15) is 24.7 Å². The summed E-state index contributed by atoms with van der Waals surface area (Å²) in [5.74, 6) is -3.32. The number of carbonyl (C=O) groups excluding carboxylic acids is 7. The van der Waals surface area contributed by atoms with Crippen molar-refractivity contribution in [1.82, 2.24) is 29.8 Å². The van der Waals surface area contributed by atoms with E-state index in [1.807, 2.05) is 169 Å². The first-order chi connectivity index (χ1) is 45.6. The number of benzene rings is 6. The van der Waals surface area contributed by atoms with Crippen LogP contribution in [-0.2, 0) is 68.7 Å². The summed E-state index contributed by atoms with van der Waals surface area (Å²) in [4.78, 5) is 104. The Morgan fingerprint density at radius 3 is 1.93 bits per heavy atom. The van der Waals surface area contributed by atoms with E-state index in [1.54, 1.807) is 4.90 Å². The third-order valence-corrected chi connectivity index (χ3v) is 19.4. The minimum absolute atomic E-state index is 0.00330. The Kier molecular flexibility index (Phi) is 21.8. The summed E-state index contributed by atoms with van der Waals surface area (Å²) in [7, 11) is 0. The molecule has 6 aliphatic rings. The van der Waals surface area contributed by atoms with E-state index in [1.165, 1.54) is 61.0 Å². The summed E-state index contributed by atoms with van der Waals surface area (Å²) in [6.45, 7) is 4.76. The van der Waals surface area contributed by atoms with Crippen LogP contribution >= 0.6 is 0 Å². The van der Waals surface area contributed by atoms with E-state index in [0.717, 1.165) is 53.0 Å². The number of β-lactam (4-membered cyclic amide) rings is 2. The molecule has 6 aromatic rings. The second-order valence-electron chi connectivity index (χ2n) is 25.2. The van der Waals surface area contributed by atoms with Crippen molar-refractivity contribution in [2.75, 3.05) is 46.0 Å². The maximum atomic E-state index is 14.5. The lowest BCUT2D eigenvalue weighted by Gasteiger charge is -2.53. The second kappa shape index (κ2) is 30.9. The Labute approximate surface area is 547 Å². The number of Topliss-reactive ketones (excluding diaryl/α,β-unsaturated/α-hetero) is 1. The molecule has 5 amide bonds. The summed E-state index contributed by atoms with van der Waals surface area (Å²) < 4.78 is 57.4. The Balaban J connectivity index is 0.000000206. The van der Waals surface area contributed by atoms with Crippen LogP contribution in [0.5, 0.6) is 0 Å². The van der Waals surface area contributed by atoms with Crippen molar-refractivity contribution in [3.8, 4) is 0 Å². The lowest BCUT2D eigenvalue weighted by molar-refractivity contribution is -0.170. The van der Waals surface area contributed by atoms with Gasteiger partial charge in [0.25, 0.3) is 0 Å². The number of cyclic esters (lactones) is 2. The van der Waals surface area contributed by atoms with Crippen LogP contribution in [0.3, 0.4) is 0 Å². The van der Waals surface area contributed by atoms with Gasteiger partial charge in [-0.25, -0.2) is 4.79 Å². The number of hydrogen-bond acceptors (Lipinski definition) is 11. The minimum Gasteiger partial charge on any atom is -0.465 e. The van der Waals surface area contributed by atoms with Crippen LogP contribution < -0.4 is 5.32 Å². The number of rotatable bonds is 23. The molecule has 1 unspecified atom stereocenters. The molecule has 6 aromatic carbocycles. The fraction of sp³-hybridized carbons (Fsp3) is 0.400. The van der Waals surface area contributed by atoms with E-state index in [0.29, 0.717) is 38.6 Å². The van der Waals surface area contributed by atoms with Crippen molar-refractivity contribution in [2.24, 2.45) is 11.8 Å². The van der Waals surface area contributed by atoms with Gasteiger partial charge in [0.2, 0.25) is 23.6 Å². The fourth-order valence-corrected chi connectivity index (χ4v) is 14.4. The Hall–Kier alpha value is -8.94.